The number of hydrogen-bond donors (Lipinski definition) is 3. The van der Waals surface area contributed by atoms with Crippen LogP contribution in [0.1, 0.15) is 56.3 Å². The highest BCUT2D eigenvalue weighted by atomic mass is 19.3. The van der Waals surface area contributed by atoms with Gasteiger partial charge < -0.3 is 11.1 Å². The van der Waals surface area contributed by atoms with Gasteiger partial charge in [-0.2, -0.15) is 10.2 Å². The quantitative estimate of drug-likeness (QED) is 0.621. The monoisotopic (exact) mass is 406 g/mol. The lowest BCUT2D eigenvalue weighted by atomic mass is 9.89. The third-order valence-corrected chi connectivity index (χ3v) is 5.84. The zero-order chi connectivity index (χ0) is 20.7. The van der Waals surface area contributed by atoms with Crippen LogP contribution in [0.25, 0.3) is 0 Å². The Labute approximate surface area is 165 Å². The van der Waals surface area contributed by atoms with Gasteiger partial charge in [0.15, 0.2) is 0 Å². The van der Waals surface area contributed by atoms with Crippen LogP contribution in [-0.4, -0.2) is 31.9 Å². The molecule has 1 amide bonds. The number of alkyl halides is 2. The molecule has 2 aliphatic carbocycles. The van der Waals surface area contributed by atoms with E-state index in [2.05, 4.69) is 20.6 Å². The van der Waals surface area contributed by atoms with Gasteiger partial charge in [-0.05, 0) is 56.4 Å². The topological polar surface area (TPSA) is 119 Å². The summed E-state index contributed by atoms with van der Waals surface area (Å²) in [6, 6.07) is -0.114. The van der Waals surface area contributed by atoms with E-state index in [1.54, 1.807) is 13.1 Å². The predicted molar refractivity (Wildman–Crippen MR) is 101 cm³/mol. The summed E-state index contributed by atoms with van der Waals surface area (Å²) < 4.78 is 27.2. The maximum atomic E-state index is 12.9. The Morgan fingerprint density at radius 2 is 1.97 bits per heavy atom. The van der Waals surface area contributed by atoms with Crippen molar-refractivity contribution in [2.45, 2.75) is 51.1 Å². The summed E-state index contributed by atoms with van der Waals surface area (Å²) in [5, 5.41) is 12.4. The van der Waals surface area contributed by atoms with Crippen LogP contribution in [0, 0.1) is 17.8 Å². The van der Waals surface area contributed by atoms with Crippen molar-refractivity contribution in [2.75, 3.05) is 5.32 Å². The number of aromatic nitrogens is 4. The summed E-state index contributed by atoms with van der Waals surface area (Å²) in [4.78, 5) is 24.6. The Hall–Kier alpha value is -2.62. The fraction of sp³-hybridized carbons (Fsp3) is 0.579. The number of anilines is 1. The Bertz CT molecular complexity index is 938. The second-order valence-electron chi connectivity index (χ2n) is 8.03. The van der Waals surface area contributed by atoms with Crippen LogP contribution in [-0.2, 0) is 4.79 Å². The van der Waals surface area contributed by atoms with Crippen LogP contribution >= 0.6 is 0 Å². The van der Waals surface area contributed by atoms with Gasteiger partial charge in [0.1, 0.15) is 5.69 Å². The van der Waals surface area contributed by atoms with Crippen molar-refractivity contribution in [3.8, 4) is 0 Å². The molecule has 0 spiro atoms. The minimum absolute atomic E-state index is 0.107. The molecule has 8 nitrogen and oxygen atoms in total. The fourth-order valence-corrected chi connectivity index (χ4v) is 3.95. The Morgan fingerprint density at radius 1 is 1.31 bits per heavy atom. The molecule has 29 heavy (non-hydrogen) atoms. The van der Waals surface area contributed by atoms with Gasteiger partial charge in [-0.25, -0.2) is 13.9 Å². The Morgan fingerprint density at radius 3 is 2.55 bits per heavy atom. The van der Waals surface area contributed by atoms with Gasteiger partial charge in [0.05, 0.1) is 24.0 Å². The second kappa shape index (κ2) is 7.66. The minimum Gasteiger partial charge on any atom is -0.322 e. The van der Waals surface area contributed by atoms with Gasteiger partial charge >= 0.3 is 0 Å². The zero-order valence-corrected chi connectivity index (χ0v) is 16.0. The first-order chi connectivity index (χ1) is 13.8. The number of amides is 1. The molecule has 1 unspecified atom stereocenters. The summed E-state index contributed by atoms with van der Waals surface area (Å²) in [6.45, 7) is 1.65. The molecule has 2 aromatic heterocycles. The molecule has 2 fully saturated rings. The molecule has 2 aliphatic rings. The largest absolute Gasteiger partial charge is 0.322 e. The zero-order valence-electron chi connectivity index (χ0n) is 16.0. The first-order valence-electron chi connectivity index (χ1n) is 9.83. The van der Waals surface area contributed by atoms with Gasteiger partial charge in [-0.3, -0.25) is 14.3 Å². The van der Waals surface area contributed by atoms with Gasteiger partial charge in [0.25, 0.3) is 12.0 Å². The van der Waals surface area contributed by atoms with Crippen molar-refractivity contribution >= 4 is 11.6 Å². The predicted octanol–water partition coefficient (Wildman–Crippen LogP) is 2.22. The highest BCUT2D eigenvalue weighted by Crippen LogP contribution is 2.50. The van der Waals surface area contributed by atoms with E-state index in [9.17, 15) is 18.4 Å². The first-order valence-corrected chi connectivity index (χ1v) is 9.83. The van der Waals surface area contributed by atoms with E-state index >= 15 is 0 Å². The number of H-pyrrole nitrogens is 1. The van der Waals surface area contributed by atoms with E-state index in [1.165, 1.54) is 10.9 Å². The highest BCUT2D eigenvalue weighted by Gasteiger charge is 2.46. The number of aromatic amines is 1. The van der Waals surface area contributed by atoms with Crippen LogP contribution in [0.5, 0.6) is 0 Å². The number of hydrogen-bond acceptors (Lipinski definition) is 5. The summed E-state index contributed by atoms with van der Waals surface area (Å²) in [6.07, 6.45) is 4.76. The van der Waals surface area contributed by atoms with Crippen LogP contribution in [0.4, 0.5) is 14.5 Å². The lowest BCUT2D eigenvalue weighted by Crippen LogP contribution is -2.43. The van der Waals surface area contributed by atoms with Crippen LogP contribution < -0.4 is 16.6 Å². The smallest absolute Gasteiger partial charge is 0.282 e. The Kier molecular flexibility index (Phi) is 5.20. The maximum absolute atomic E-state index is 12.9. The Balaban J connectivity index is 1.46. The number of halogens is 2. The van der Waals surface area contributed by atoms with E-state index in [1.807, 2.05) is 0 Å². The standard InChI is InChI=1S/C19H24F2N6O2/c1-9(13-6-14(17(20)21)25-26-18(13)28)27-8-12(7-23-27)24-19(29)16(22)15(10-2-3-10)11-4-5-11/h6-11,15-17H,2-5,22H2,1H3,(H,24,29)(H,26,28)/t9?,16-/m0/s1. The molecule has 4 N–H and O–H groups in total. The van der Waals surface area contributed by atoms with Crippen molar-refractivity contribution in [3.05, 3.63) is 40.1 Å². The van der Waals surface area contributed by atoms with Crippen LogP contribution in [0.3, 0.4) is 0 Å². The first kappa shape index (κ1) is 19.7. The summed E-state index contributed by atoms with van der Waals surface area (Å²) in [5.41, 5.74) is 5.73. The second-order valence-corrected chi connectivity index (χ2v) is 8.03. The number of nitrogens with two attached hydrogens (primary N) is 1. The van der Waals surface area contributed by atoms with E-state index in [0.717, 1.165) is 31.7 Å². The molecule has 2 saturated carbocycles. The minimum atomic E-state index is -2.79. The fourth-order valence-electron chi connectivity index (χ4n) is 3.95. The number of nitrogens with one attached hydrogen (secondary N) is 2. The molecule has 0 radical (unpaired) electrons. The van der Waals surface area contributed by atoms with E-state index < -0.39 is 29.8 Å². The normalized spacial score (nSPS) is 18.8. The van der Waals surface area contributed by atoms with Crippen LogP contribution in [0.15, 0.2) is 23.3 Å². The molecule has 2 atom stereocenters. The number of carbonyl (C=O) groups excluding carboxylic acids is 1. The van der Waals surface area contributed by atoms with Gasteiger partial charge in [0.2, 0.25) is 5.91 Å². The average molecular weight is 406 g/mol. The number of nitrogens with zero attached hydrogens (tertiary/aromatic N) is 3. The van der Waals surface area contributed by atoms with Gasteiger partial charge in [-0.15, -0.1) is 0 Å². The lowest BCUT2D eigenvalue weighted by molar-refractivity contribution is -0.118. The highest BCUT2D eigenvalue weighted by molar-refractivity contribution is 5.94. The SMILES string of the molecule is CC(c1cc(C(F)F)n[nH]c1=O)n1cc(NC(=O)[C@@H](N)C(C2CC2)C2CC2)cn1. The third kappa shape index (κ3) is 4.21. The van der Waals surface area contributed by atoms with Crippen molar-refractivity contribution in [2.24, 2.45) is 23.5 Å². The van der Waals surface area contributed by atoms with Gasteiger partial charge in [0, 0.05) is 11.8 Å². The molecular weight excluding hydrogens is 382 g/mol. The molecule has 0 aromatic carbocycles. The molecule has 0 saturated heterocycles. The van der Waals surface area contributed by atoms with Crippen LogP contribution in [0.2, 0.25) is 0 Å². The van der Waals surface area contributed by atoms with E-state index in [0.29, 0.717) is 17.5 Å². The summed E-state index contributed by atoms with van der Waals surface area (Å²) in [5.74, 6) is 1.08. The van der Waals surface area contributed by atoms with E-state index in [-0.39, 0.29) is 17.4 Å². The number of carbonyl (C=O) groups is 1. The summed E-state index contributed by atoms with van der Waals surface area (Å²) in [7, 11) is 0. The molecule has 4 rings (SSSR count). The van der Waals surface area contributed by atoms with Crippen molar-refractivity contribution in [3.63, 3.8) is 0 Å². The molecule has 2 heterocycles. The summed E-state index contributed by atoms with van der Waals surface area (Å²) >= 11 is 0. The lowest BCUT2D eigenvalue weighted by Gasteiger charge is -2.22. The van der Waals surface area contributed by atoms with Crippen molar-refractivity contribution in [1.82, 2.24) is 20.0 Å². The molecular formula is C19H24F2N6O2. The third-order valence-electron chi connectivity index (χ3n) is 5.84. The molecule has 156 valence electrons. The molecule has 10 heteroatoms. The molecule has 0 aliphatic heterocycles. The maximum Gasteiger partial charge on any atom is 0.282 e. The molecule has 2 aromatic rings. The number of rotatable bonds is 8. The van der Waals surface area contributed by atoms with Crippen molar-refractivity contribution in [1.29, 1.82) is 0 Å². The van der Waals surface area contributed by atoms with Gasteiger partial charge in [-0.1, -0.05) is 0 Å². The average Bonchev–Trinajstić information content (AvgIpc) is 3.62. The van der Waals surface area contributed by atoms with Crippen molar-refractivity contribution < 1.29 is 13.6 Å². The van der Waals surface area contributed by atoms with E-state index in [4.69, 9.17) is 5.73 Å². The molecule has 0 bridgehead atoms.